The number of phenols is 1. The molecule has 1 aromatic carbocycles. The second-order valence-corrected chi connectivity index (χ2v) is 3.30. The number of hydrogen-bond donors (Lipinski definition) is 2. The zero-order chi connectivity index (χ0) is 10.1. The van der Waals surface area contributed by atoms with Gasteiger partial charge in [-0.15, -0.1) is 0 Å². The van der Waals surface area contributed by atoms with Crippen molar-refractivity contribution in [3.63, 3.8) is 0 Å². The van der Waals surface area contributed by atoms with Crippen LogP contribution in [0.5, 0.6) is 17.2 Å². The maximum atomic E-state index is 9.61. The highest BCUT2D eigenvalue weighted by atomic mass is 35.5. The van der Waals surface area contributed by atoms with E-state index in [-0.39, 0.29) is 30.6 Å². The lowest BCUT2D eigenvalue weighted by Gasteiger charge is -2.08. The normalized spacial score (nSPS) is 13.3. The Balaban J connectivity index is 2.54. The fourth-order valence-electron chi connectivity index (χ4n) is 1.41. The number of hydrogen-bond acceptors (Lipinski definition) is 4. The van der Waals surface area contributed by atoms with Gasteiger partial charge >= 0.3 is 0 Å². The smallest absolute Gasteiger partial charge is 0.231 e. The van der Waals surface area contributed by atoms with Gasteiger partial charge < -0.3 is 19.7 Å². The average molecular weight is 217 g/mol. The summed E-state index contributed by atoms with van der Waals surface area (Å²) in [7, 11) is 0. The molecule has 1 aromatic rings. The third-order valence-corrected chi connectivity index (χ3v) is 2.34. The molecule has 0 atom stereocenters. The zero-order valence-electron chi connectivity index (χ0n) is 7.29. The number of aromatic hydroxyl groups is 1. The van der Waals surface area contributed by atoms with Crippen molar-refractivity contribution in [2.45, 2.75) is 6.42 Å². The third-order valence-electron chi connectivity index (χ3n) is 2.05. The standard InChI is InChI=1S/C9H9ClO4/c10-6-3-7-9(14-4-13-7)5(1-2-11)8(6)12/h3,11-12H,1-2,4H2. The summed E-state index contributed by atoms with van der Waals surface area (Å²) in [6, 6.07) is 1.50. The summed E-state index contributed by atoms with van der Waals surface area (Å²) in [5.41, 5.74) is 0.493. The average Bonchev–Trinajstić information content (AvgIpc) is 2.60. The summed E-state index contributed by atoms with van der Waals surface area (Å²) in [6.07, 6.45) is 0.290. The second kappa shape index (κ2) is 3.55. The van der Waals surface area contributed by atoms with E-state index in [1.165, 1.54) is 6.07 Å². The van der Waals surface area contributed by atoms with Gasteiger partial charge in [0.2, 0.25) is 6.79 Å². The molecule has 0 amide bonds. The predicted molar refractivity (Wildman–Crippen MR) is 50.0 cm³/mol. The van der Waals surface area contributed by atoms with Crippen LogP contribution in [-0.4, -0.2) is 23.6 Å². The molecule has 1 heterocycles. The Morgan fingerprint density at radius 1 is 1.43 bits per heavy atom. The van der Waals surface area contributed by atoms with Crippen LogP contribution in [-0.2, 0) is 6.42 Å². The predicted octanol–water partition coefficient (Wildman–Crippen LogP) is 1.31. The molecule has 2 rings (SSSR count). The van der Waals surface area contributed by atoms with Crippen LogP contribution in [0.2, 0.25) is 5.02 Å². The van der Waals surface area contributed by atoms with Crippen LogP contribution in [0.15, 0.2) is 6.07 Å². The zero-order valence-corrected chi connectivity index (χ0v) is 8.04. The topological polar surface area (TPSA) is 58.9 Å². The van der Waals surface area contributed by atoms with Crippen molar-refractivity contribution < 1.29 is 19.7 Å². The summed E-state index contributed by atoms with van der Waals surface area (Å²) in [5.74, 6) is 0.933. The monoisotopic (exact) mass is 216 g/mol. The molecule has 0 bridgehead atoms. The number of fused-ring (bicyclic) bond motifs is 1. The molecule has 1 aliphatic rings. The minimum atomic E-state index is -0.0797. The molecular weight excluding hydrogens is 208 g/mol. The molecule has 4 nitrogen and oxygen atoms in total. The molecule has 0 radical (unpaired) electrons. The number of phenolic OH excluding ortho intramolecular Hbond substituents is 1. The van der Waals surface area contributed by atoms with E-state index in [2.05, 4.69) is 0 Å². The molecule has 0 saturated carbocycles. The first-order valence-electron chi connectivity index (χ1n) is 4.15. The van der Waals surface area contributed by atoms with Gasteiger partial charge in [-0.25, -0.2) is 0 Å². The second-order valence-electron chi connectivity index (χ2n) is 2.89. The molecule has 0 aromatic heterocycles. The summed E-state index contributed by atoms with van der Waals surface area (Å²) >= 11 is 5.77. The molecule has 14 heavy (non-hydrogen) atoms. The molecule has 76 valence electrons. The lowest BCUT2D eigenvalue weighted by atomic mass is 10.1. The lowest BCUT2D eigenvalue weighted by molar-refractivity contribution is 0.172. The van der Waals surface area contributed by atoms with Crippen molar-refractivity contribution in [1.82, 2.24) is 0 Å². The van der Waals surface area contributed by atoms with Gasteiger partial charge in [0.25, 0.3) is 0 Å². The molecule has 5 heteroatoms. The van der Waals surface area contributed by atoms with Crippen LogP contribution in [0, 0.1) is 0 Å². The molecule has 0 unspecified atom stereocenters. The lowest BCUT2D eigenvalue weighted by Crippen LogP contribution is -1.96. The number of rotatable bonds is 2. The Hall–Kier alpha value is -1.13. The molecule has 1 aliphatic heterocycles. The van der Waals surface area contributed by atoms with E-state index in [1.807, 2.05) is 0 Å². The number of aliphatic hydroxyl groups is 1. The van der Waals surface area contributed by atoms with Crippen LogP contribution in [0.3, 0.4) is 0 Å². The third kappa shape index (κ3) is 1.36. The van der Waals surface area contributed by atoms with Gasteiger partial charge in [0.15, 0.2) is 11.5 Å². The number of ether oxygens (including phenoxy) is 2. The van der Waals surface area contributed by atoms with Crippen molar-refractivity contribution >= 4 is 11.6 Å². The van der Waals surface area contributed by atoms with Gasteiger partial charge in [0.1, 0.15) is 5.75 Å². The van der Waals surface area contributed by atoms with Crippen molar-refractivity contribution in [2.75, 3.05) is 13.4 Å². The first-order chi connectivity index (χ1) is 6.74. The SMILES string of the molecule is OCCc1c(O)c(Cl)cc2c1OCO2. The van der Waals surface area contributed by atoms with Gasteiger partial charge in [0, 0.05) is 24.7 Å². The molecule has 2 N–H and O–H groups in total. The van der Waals surface area contributed by atoms with E-state index >= 15 is 0 Å². The Morgan fingerprint density at radius 2 is 2.21 bits per heavy atom. The largest absolute Gasteiger partial charge is 0.506 e. The van der Waals surface area contributed by atoms with Crippen LogP contribution >= 0.6 is 11.6 Å². The molecule has 0 spiro atoms. The van der Waals surface area contributed by atoms with Crippen molar-refractivity contribution in [1.29, 1.82) is 0 Å². The Kier molecular flexibility index (Phi) is 2.39. The molecular formula is C9H9ClO4. The quantitative estimate of drug-likeness (QED) is 0.783. The van der Waals surface area contributed by atoms with Crippen LogP contribution in [0.4, 0.5) is 0 Å². The van der Waals surface area contributed by atoms with Crippen LogP contribution in [0.25, 0.3) is 0 Å². The Morgan fingerprint density at radius 3 is 2.93 bits per heavy atom. The summed E-state index contributed by atoms with van der Waals surface area (Å²) in [5, 5.41) is 18.6. The van der Waals surface area contributed by atoms with Crippen molar-refractivity contribution in [3.05, 3.63) is 16.7 Å². The van der Waals surface area contributed by atoms with E-state index in [9.17, 15) is 5.11 Å². The van der Waals surface area contributed by atoms with Crippen LogP contribution < -0.4 is 9.47 Å². The highest BCUT2D eigenvalue weighted by molar-refractivity contribution is 6.32. The molecule has 0 saturated heterocycles. The van der Waals surface area contributed by atoms with Crippen molar-refractivity contribution in [3.8, 4) is 17.2 Å². The summed E-state index contributed by atoms with van der Waals surface area (Å²) in [6.45, 7) is 0.0389. The number of aliphatic hydroxyl groups excluding tert-OH is 1. The van der Waals surface area contributed by atoms with Crippen molar-refractivity contribution in [2.24, 2.45) is 0 Å². The van der Waals surface area contributed by atoms with E-state index in [1.54, 1.807) is 0 Å². The van der Waals surface area contributed by atoms with E-state index in [4.69, 9.17) is 26.2 Å². The minimum Gasteiger partial charge on any atom is -0.506 e. The first kappa shape index (κ1) is 9.43. The number of halogens is 1. The fourth-order valence-corrected chi connectivity index (χ4v) is 1.62. The van der Waals surface area contributed by atoms with Gasteiger partial charge in [-0.1, -0.05) is 11.6 Å². The van der Waals surface area contributed by atoms with Gasteiger partial charge in [-0.05, 0) is 0 Å². The van der Waals surface area contributed by atoms with Crippen LogP contribution in [0.1, 0.15) is 5.56 Å². The Bertz CT molecular complexity index is 364. The molecule has 0 aliphatic carbocycles. The summed E-state index contributed by atoms with van der Waals surface area (Å²) in [4.78, 5) is 0. The highest BCUT2D eigenvalue weighted by Crippen LogP contribution is 2.44. The summed E-state index contributed by atoms with van der Waals surface area (Å²) < 4.78 is 10.3. The van der Waals surface area contributed by atoms with E-state index in [0.717, 1.165) is 0 Å². The number of benzene rings is 1. The molecule has 0 fully saturated rings. The van der Waals surface area contributed by atoms with Gasteiger partial charge in [-0.3, -0.25) is 0 Å². The van der Waals surface area contributed by atoms with E-state index in [0.29, 0.717) is 17.1 Å². The first-order valence-corrected chi connectivity index (χ1v) is 4.52. The maximum absolute atomic E-state index is 9.61. The van der Waals surface area contributed by atoms with E-state index < -0.39 is 0 Å². The minimum absolute atomic E-state index is 0.0510. The Labute approximate surface area is 85.6 Å². The van der Waals surface area contributed by atoms with Gasteiger partial charge in [-0.2, -0.15) is 0 Å². The fraction of sp³-hybridized carbons (Fsp3) is 0.333. The van der Waals surface area contributed by atoms with Gasteiger partial charge in [0.05, 0.1) is 5.02 Å². The maximum Gasteiger partial charge on any atom is 0.231 e. The highest BCUT2D eigenvalue weighted by Gasteiger charge is 2.22.